The van der Waals surface area contributed by atoms with Crippen LogP contribution < -0.4 is 10.2 Å². The van der Waals surface area contributed by atoms with Gasteiger partial charge in [0.25, 0.3) is 11.8 Å². The van der Waals surface area contributed by atoms with E-state index in [-0.39, 0.29) is 11.8 Å². The molecule has 2 aromatic rings. The van der Waals surface area contributed by atoms with E-state index in [1.165, 1.54) is 16.7 Å². The average Bonchev–Trinajstić information content (AvgIpc) is 3.13. The molecule has 6 nitrogen and oxygen atoms in total. The highest BCUT2D eigenvalue weighted by molar-refractivity contribution is 5.93. The molecule has 0 saturated carbocycles. The van der Waals surface area contributed by atoms with Gasteiger partial charge in [-0.25, -0.2) is 0 Å². The van der Waals surface area contributed by atoms with Crippen LogP contribution in [-0.4, -0.2) is 49.4 Å². The van der Waals surface area contributed by atoms with Crippen molar-refractivity contribution in [3.8, 4) is 0 Å². The van der Waals surface area contributed by atoms with E-state index in [0.29, 0.717) is 25.4 Å². The molecule has 6 heteroatoms. The Morgan fingerprint density at radius 1 is 1.15 bits per heavy atom. The molecule has 2 heterocycles. The van der Waals surface area contributed by atoms with Gasteiger partial charge in [-0.1, -0.05) is 17.7 Å². The number of hydrogen-bond donors (Lipinski definition) is 2. The maximum atomic E-state index is 12.4. The van der Waals surface area contributed by atoms with E-state index in [0.717, 1.165) is 29.9 Å². The lowest BCUT2D eigenvalue weighted by Gasteiger charge is -2.31. The first-order valence-corrected chi connectivity index (χ1v) is 8.98. The second kappa shape index (κ2) is 7.74. The van der Waals surface area contributed by atoms with Crippen LogP contribution >= 0.6 is 0 Å². The molecule has 2 N–H and O–H groups in total. The largest absolute Gasteiger partial charge is 0.459 e. The number of hydrogen-bond acceptors (Lipinski definition) is 3. The highest BCUT2D eigenvalue weighted by Gasteiger charge is 2.27. The fourth-order valence-corrected chi connectivity index (χ4v) is 3.55. The molecule has 0 aliphatic carbocycles. The van der Waals surface area contributed by atoms with Crippen molar-refractivity contribution in [1.29, 1.82) is 0 Å². The lowest BCUT2D eigenvalue weighted by Crippen LogP contribution is -3.15. The summed E-state index contributed by atoms with van der Waals surface area (Å²) in [5, 5.41) is 3.05. The summed E-state index contributed by atoms with van der Waals surface area (Å²) in [5.74, 6) is 0.307. The third-order valence-corrected chi connectivity index (χ3v) is 4.84. The van der Waals surface area contributed by atoms with Crippen molar-refractivity contribution < 1.29 is 18.9 Å². The van der Waals surface area contributed by atoms with Crippen molar-refractivity contribution in [2.24, 2.45) is 0 Å². The van der Waals surface area contributed by atoms with E-state index < -0.39 is 0 Å². The van der Waals surface area contributed by atoms with Crippen molar-refractivity contribution in [3.63, 3.8) is 0 Å². The molecular formula is C20H26N3O3+. The molecule has 0 spiro atoms. The number of quaternary nitrogens is 1. The molecule has 3 rings (SSSR count). The van der Waals surface area contributed by atoms with Gasteiger partial charge in [0, 0.05) is 5.69 Å². The van der Waals surface area contributed by atoms with Gasteiger partial charge >= 0.3 is 0 Å². The number of amides is 2. The minimum atomic E-state index is -0.0793. The van der Waals surface area contributed by atoms with Gasteiger partial charge in [-0.3, -0.25) is 9.59 Å². The molecule has 138 valence electrons. The predicted molar refractivity (Wildman–Crippen MR) is 99.5 cm³/mol. The maximum Gasteiger partial charge on any atom is 0.289 e. The molecule has 0 bridgehead atoms. The van der Waals surface area contributed by atoms with Gasteiger partial charge in [0.15, 0.2) is 12.3 Å². The molecule has 1 fully saturated rings. The standard InChI is InChI=1S/C20H25N3O3/c1-14-11-15(2)19(16(3)12-14)21-18(24)13-22-6-8-23(9-7-22)20(25)17-5-4-10-26-17/h4-5,10-12H,6-9,13H2,1-3H3,(H,21,24)/p+1. The normalized spacial score (nSPS) is 15.1. The Kier molecular flexibility index (Phi) is 5.42. The fraction of sp³-hybridized carbons (Fsp3) is 0.400. The number of benzene rings is 1. The van der Waals surface area contributed by atoms with Crippen LogP contribution in [-0.2, 0) is 4.79 Å². The number of carbonyl (C=O) groups is 2. The number of aryl methyl sites for hydroxylation is 3. The summed E-state index contributed by atoms with van der Waals surface area (Å²) in [6, 6.07) is 7.55. The molecule has 1 aliphatic rings. The number of nitrogens with zero attached hydrogens (tertiary/aromatic N) is 1. The summed E-state index contributed by atoms with van der Waals surface area (Å²) in [6.07, 6.45) is 1.51. The minimum absolute atomic E-state index is 0.0147. The Labute approximate surface area is 153 Å². The molecule has 0 atom stereocenters. The van der Waals surface area contributed by atoms with Gasteiger partial charge in [0.1, 0.15) is 0 Å². The number of anilines is 1. The molecule has 1 aromatic heterocycles. The third kappa shape index (κ3) is 4.14. The second-order valence-corrected chi connectivity index (χ2v) is 7.02. The summed E-state index contributed by atoms with van der Waals surface area (Å²) in [6.45, 7) is 9.27. The third-order valence-electron chi connectivity index (χ3n) is 4.84. The van der Waals surface area contributed by atoms with Crippen molar-refractivity contribution >= 4 is 17.5 Å². The molecule has 1 aromatic carbocycles. The SMILES string of the molecule is Cc1cc(C)c(NC(=O)C[NH+]2CCN(C(=O)c3ccco3)CC2)c(C)c1. The first kappa shape index (κ1) is 18.2. The number of nitrogens with one attached hydrogen (secondary N) is 2. The van der Waals surface area contributed by atoms with Crippen molar-refractivity contribution in [1.82, 2.24) is 4.90 Å². The lowest BCUT2D eigenvalue weighted by molar-refractivity contribution is -0.895. The topological polar surface area (TPSA) is 67.0 Å². The molecule has 2 amide bonds. The zero-order chi connectivity index (χ0) is 18.7. The Balaban J connectivity index is 1.52. The molecule has 26 heavy (non-hydrogen) atoms. The molecule has 1 aliphatic heterocycles. The number of rotatable bonds is 4. The smallest absolute Gasteiger partial charge is 0.289 e. The van der Waals surface area contributed by atoms with E-state index in [4.69, 9.17) is 4.42 Å². The van der Waals surface area contributed by atoms with Gasteiger partial charge < -0.3 is 19.5 Å². The maximum absolute atomic E-state index is 12.4. The summed E-state index contributed by atoms with van der Waals surface area (Å²) in [4.78, 5) is 27.7. The summed E-state index contributed by atoms with van der Waals surface area (Å²) in [7, 11) is 0. The molecule has 0 unspecified atom stereocenters. The van der Waals surface area contributed by atoms with Gasteiger partial charge in [-0.15, -0.1) is 0 Å². The first-order chi connectivity index (χ1) is 12.4. The predicted octanol–water partition coefficient (Wildman–Crippen LogP) is 1.18. The van der Waals surface area contributed by atoms with Crippen LogP contribution in [0.25, 0.3) is 0 Å². The van der Waals surface area contributed by atoms with E-state index in [1.54, 1.807) is 17.0 Å². The zero-order valence-corrected chi connectivity index (χ0v) is 15.6. The molecular weight excluding hydrogens is 330 g/mol. The van der Waals surface area contributed by atoms with Crippen LogP contribution in [0, 0.1) is 20.8 Å². The Bertz CT molecular complexity index is 768. The van der Waals surface area contributed by atoms with E-state index in [9.17, 15) is 9.59 Å². The summed E-state index contributed by atoms with van der Waals surface area (Å²) < 4.78 is 5.17. The van der Waals surface area contributed by atoms with Crippen LogP contribution in [0.1, 0.15) is 27.2 Å². The van der Waals surface area contributed by atoms with Crippen LogP contribution in [0.2, 0.25) is 0 Å². The average molecular weight is 356 g/mol. The molecule has 0 radical (unpaired) electrons. The van der Waals surface area contributed by atoms with Gasteiger partial charge in [-0.2, -0.15) is 0 Å². The lowest BCUT2D eigenvalue weighted by atomic mass is 10.1. The Morgan fingerprint density at radius 3 is 2.38 bits per heavy atom. The van der Waals surface area contributed by atoms with Crippen LogP contribution in [0.5, 0.6) is 0 Å². The number of furan rings is 1. The van der Waals surface area contributed by atoms with Crippen LogP contribution in [0.4, 0.5) is 5.69 Å². The first-order valence-electron chi connectivity index (χ1n) is 8.98. The van der Waals surface area contributed by atoms with Gasteiger partial charge in [0.05, 0.1) is 32.4 Å². The highest BCUT2D eigenvalue weighted by Crippen LogP contribution is 2.21. The highest BCUT2D eigenvalue weighted by atomic mass is 16.3. The van der Waals surface area contributed by atoms with Crippen LogP contribution in [0.15, 0.2) is 34.9 Å². The van der Waals surface area contributed by atoms with Crippen molar-refractivity contribution in [2.45, 2.75) is 20.8 Å². The zero-order valence-electron chi connectivity index (χ0n) is 15.6. The number of piperazine rings is 1. The van der Waals surface area contributed by atoms with Crippen molar-refractivity contribution in [2.75, 3.05) is 38.0 Å². The minimum Gasteiger partial charge on any atom is -0.459 e. The number of carbonyl (C=O) groups excluding carboxylic acids is 2. The van der Waals surface area contributed by atoms with Gasteiger partial charge in [-0.05, 0) is 44.0 Å². The van der Waals surface area contributed by atoms with Crippen LogP contribution in [0.3, 0.4) is 0 Å². The van der Waals surface area contributed by atoms with E-state index >= 15 is 0 Å². The Morgan fingerprint density at radius 2 is 1.81 bits per heavy atom. The van der Waals surface area contributed by atoms with Gasteiger partial charge in [0.2, 0.25) is 0 Å². The van der Waals surface area contributed by atoms with E-state index in [2.05, 4.69) is 24.4 Å². The fourth-order valence-electron chi connectivity index (χ4n) is 3.55. The quantitative estimate of drug-likeness (QED) is 0.865. The van der Waals surface area contributed by atoms with Crippen molar-refractivity contribution in [3.05, 3.63) is 53.0 Å². The summed E-state index contributed by atoms with van der Waals surface area (Å²) in [5.41, 5.74) is 4.27. The second-order valence-electron chi connectivity index (χ2n) is 7.02. The molecule has 1 saturated heterocycles. The van der Waals surface area contributed by atoms with E-state index in [1.807, 2.05) is 13.8 Å². The summed E-state index contributed by atoms with van der Waals surface area (Å²) >= 11 is 0. The Hall–Kier alpha value is -2.60. The monoisotopic (exact) mass is 356 g/mol.